The minimum absolute atomic E-state index is 0.319. The van der Waals surface area contributed by atoms with Gasteiger partial charge in [-0.05, 0) is 17.7 Å². The third-order valence-corrected chi connectivity index (χ3v) is 2.73. The Morgan fingerprint density at radius 1 is 1.17 bits per heavy atom. The highest BCUT2D eigenvalue weighted by molar-refractivity contribution is 5.77. The first-order chi connectivity index (χ1) is 8.79. The van der Waals surface area contributed by atoms with E-state index in [0.29, 0.717) is 11.6 Å². The van der Waals surface area contributed by atoms with Crippen molar-refractivity contribution in [3.8, 4) is 16.9 Å². The summed E-state index contributed by atoms with van der Waals surface area (Å²) in [5, 5.41) is 4.17. The summed E-state index contributed by atoms with van der Waals surface area (Å²) in [6.07, 6.45) is 3.15. The smallest absolute Gasteiger partial charge is 0.224 e. The second-order valence-corrected chi connectivity index (χ2v) is 3.75. The summed E-state index contributed by atoms with van der Waals surface area (Å²) >= 11 is 0. The number of nitrogens with zero attached hydrogens (tertiary/aromatic N) is 4. The van der Waals surface area contributed by atoms with Crippen LogP contribution in [0.4, 0.5) is 5.95 Å². The second kappa shape index (κ2) is 3.99. The number of hydrogen-bond acceptors (Lipinski definition) is 5. The van der Waals surface area contributed by atoms with Crippen LogP contribution in [0.25, 0.3) is 16.8 Å². The Morgan fingerprint density at radius 2 is 1.94 bits per heavy atom. The lowest BCUT2D eigenvalue weighted by Crippen LogP contribution is -2.02. The molecule has 0 atom stereocenters. The summed E-state index contributed by atoms with van der Waals surface area (Å²) in [6, 6.07) is 7.69. The number of nitrogens with two attached hydrogens (primary N) is 1. The highest BCUT2D eigenvalue weighted by Crippen LogP contribution is 2.25. The molecule has 90 valence electrons. The van der Waals surface area contributed by atoms with Gasteiger partial charge in [-0.2, -0.15) is 9.61 Å². The summed E-state index contributed by atoms with van der Waals surface area (Å²) in [5.41, 5.74) is 8.32. The first kappa shape index (κ1) is 10.5. The minimum atomic E-state index is 0.319. The van der Waals surface area contributed by atoms with Crippen molar-refractivity contribution in [2.75, 3.05) is 12.8 Å². The van der Waals surface area contributed by atoms with Crippen molar-refractivity contribution in [2.24, 2.45) is 0 Å². The van der Waals surface area contributed by atoms with Crippen LogP contribution < -0.4 is 10.5 Å². The molecule has 0 radical (unpaired) electrons. The summed E-state index contributed by atoms with van der Waals surface area (Å²) in [6.45, 7) is 0. The number of anilines is 1. The van der Waals surface area contributed by atoms with Crippen molar-refractivity contribution in [3.63, 3.8) is 0 Å². The van der Waals surface area contributed by atoms with Gasteiger partial charge in [0, 0.05) is 5.56 Å². The van der Waals surface area contributed by atoms with Crippen LogP contribution in [0.1, 0.15) is 0 Å². The van der Waals surface area contributed by atoms with E-state index < -0.39 is 0 Å². The first-order valence-corrected chi connectivity index (χ1v) is 5.38. The van der Waals surface area contributed by atoms with E-state index >= 15 is 0 Å². The number of aromatic nitrogens is 4. The Kier molecular flexibility index (Phi) is 2.33. The van der Waals surface area contributed by atoms with Crippen molar-refractivity contribution in [1.29, 1.82) is 0 Å². The number of benzene rings is 1. The van der Waals surface area contributed by atoms with E-state index in [0.717, 1.165) is 16.9 Å². The molecular weight excluding hydrogens is 230 g/mol. The number of ether oxygens (including phenoxy) is 1. The molecule has 3 rings (SSSR count). The third-order valence-electron chi connectivity index (χ3n) is 2.73. The molecular formula is C12H11N5O. The Morgan fingerprint density at radius 3 is 2.67 bits per heavy atom. The van der Waals surface area contributed by atoms with E-state index in [1.165, 1.54) is 10.8 Å². The lowest BCUT2D eigenvalue weighted by molar-refractivity contribution is 0.415. The first-order valence-electron chi connectivity index (χ1n) is 5.38. The maximum absolute atomic E-state index is 5.72. The van der Waals surface area contributed by atoms with Crippen LogP contribution in [0.5, 0.6) is 5.75 Å². The van der Waals surface area contributed by atoms with Gasteiger partial charge in [0.15, 0.2) is 5.65 Å². The summed E-state index contributed by atoms with van der Waals surface area (Å²) in [5.74, 6) is 1.13. The molecule has 0 unspecified atom stereocenters. The molecule has 3 aromatic rings. The molecule has 0 spiro atoms. The molecule has 0 aliphatic heterocycles. The third kappa shape index (κ3) is 1.55. The monoisotopic (exact) mass is 241 g/mol. The molecule has 0 aliphatic carbocycles. The number of fused-ring (bicyclic) bond motifs is 1. The van der Waals surface area contributed by atoms with Gasteiger partial charge in [0.2, 0.25) is 5.95 Å². The minimum Gasteiger partial charge on any atom is -0.497 e. The zero-order chi connectivity index (χ0) is 12.5. The standard InChI is InChI=1S/C12H11N5O/c1-18-9-4-2-8(3-5-9)10-6-16-17-11(10)14-7-15-12(17)13/h2-7H,1H3,(H2,13,14,15). The summed E-state index contributed by atoms with van der Waals surface area (Å²) in [7, 11) is 1.64. The van der Waals surface area contributed by atoms with Gasteiger partial charge in [-0.1, -0.05) is 12.1 Å². The molecule has 6 heteroatoms. The fourth-order valence-electron chi connectivity index (χ4n) is 1.81. The zero-order valence-corrected chi connectivity index (χ0v) is 9.74. The molecule has 0 saturated heterocycles. The predicted molar refractivity (Wildman–Crippen MR) is 67.2 cm³/mol. The molecule has 0 saturated carbocycles. The maximum Gasteiger partial charge on any atom is 0.224 e. The van der Waals surface area contributed by atoms with Crippen molar-refractivity contribution >= 4 is 11.6 Å². The van der Waals surface area contributed by atoms with Gasteiger partial charge in [-0.25, -0.2) is 9.97 Å². The predicted octanol–water partition coefficient (Wildman–Crippen LogP) is 1.38. The fourth-order valence-corrected chi connectivity index (χ4v) is 1.81. The molecule has 1 aromatic carbocycles. The van der Waals surface area contributed by atoms with E-state index in [2.05, 4.69) is 15.1 Å². The van der Waals surface area contributed by atoms with Crippen LogP contribution in [-0.2, 0) is 0 Å². The Balaban J connectivity index is 2.16. The SMILES string of the molecule is COc1ccc(-c2cnn3c(N)ncnc23)cc1. The average Bonchev–Trinajstić information content (AvgIpc) is 2.84. The molecule has 6 nitrogen and oxygen atoms in total. The van der Waals surface area contributed by atoms with Gasteiger partial charge >= 0.3 is 0 Å². The quantitative estimate of drug-likeness (QED) is 0.733. The number of hydrogen-bond donors (Lipinski definition) is 1. The fraction of sp³-hybridized carbons (Fsp3) is 0.0833. The second-order valence-electron chi connectivity index (χ2n) is 3.75. The van der Waals surface area contributed by atoms with Gasteiger partial charge in [-0.15, -0.1) is 0 Å². The van der Waals surface area contributed by atoms with Crippen LogP contribution in [-0.4, -0.2) is 26.7 Å². The summed E-state index contributed by atoms with van der Waals surface area (Å²) < 4.78 is 6.64. The van der Waals surface area contributed by atoms with E-state index in [1.807, 2.05) is 24.3 Å². The largest absolute Gasteiger partial charge is 0.497 e. The average molecular weight is 241 g/mol. The normalized spacial score (nSPS) is 10.7. The Bertz CT molecular complexity index is 689. The van der Waals surface area contributed by atoms with Crippen LogP contribution in [0.2, 0.25) is 0 Å². The van der Waals surface area contributed by atoms with Crippen LogP contribution in [0, 0.1) is 0 Å². The van der Waals surface area contributed by atoms with Crippen molar-refractivity contribution in [2.45, 2.75) is 0 Å². The van der Waals surface area contributed by atoms with Gasteiger partial charge in [-0.3, -0.25) is 0 Å². The van der Waals surface area contributed by atoms with Gasteiger partial charge in [0.1, 0.15) is 12.1 Å². The lowest BCUT2D eigenvalue weighted by Gasteiger charge is -2.02. The number of methoxy groups -OCH3 is 1. The van der Waals surface area contributed by atoms with Crippen LogP contribution >= 0.6 is 0 Å². The highest BCUT2D eigenvalue weighted by Gasteiger charge is 2.09. The van der Waals surface area contributed by atoms with Crippen molar-refractivity contribution in [3.05, 3.63) is 36.8 Å². The number of rotatable bonds is 2. The zero-order valence-electron chi connectivity index (χ0n) is 9.74. The van der Waals surface area contributed by atoms with Crippen molar-refractivity contribution < 1.29 is 4.74 Å². The maximum atomic E-state index is 5.72. The van der Waals surface area contributed by atoms with E-state index in [-0.39, 0.29) is 0 Å². The molecule has 2 aromatic heterocycles. The van der Waals surface area contributed by atoms with Crippen molar-refractivity contribution in [1.82, 2.24) is 19.6 Å². The van der Waals surface area contributed by atoms with Gasteiger partial charge in [0.05, 0.1) is 13.3 Å². The highest BCUT2D eigenvalue weighted by atomic mass is 16.5. The molecule has 0 fully saturated rings. The lowest BCUT2D eigenvalue weighted by atomic mass is 10.1. The summed E-state index contributed by atoms with van der Waals surface area (Å²) in [4.78, 5) is 8.09. The van der Waals surface area contributed by atoms with Gasteiger partial charge < -0.3 is 10.5 Å². The molecule has 0 aliphatic rings. The molecule has 18 heavy (non-hydrogen) atoms. The van der Waals surface area contributed by atoms with Gasteiger partial charge in [0.25, 0.3) is 0 Å². The van der Waals surface area contributed by atoms with E-state index in [9.17, 15) is 0 Å². The number of nitrogen functional groups attached to an aromatic ring is 1. The molecule has 2 heterocycles. The Labute approximate surface area is 103 Å². The van der Waals surface area contributed by atoms with Crippen LogP contribution in [0.3, 0.4) is 0 Å². The Hall–Kier alpha value is -2.63. The topological polar surface area (TPSA) is 78.3 Å². The van der Waals surface area contributed by atoms with E-state index in [1.54, 1.807) is 13.3 Å². The molecule has 0 amide bonds. The van der Waals surface area contributed by atoms with Crippen LogP contribution in [0.15, 0.2) is 36.8 Å². The van der Waals surface area contributed by atoms with E-state index in [4.69, 9.17) is 10.5 Å². The molecule has 2 N–H and O–H groups in total. The molecule has 0 bridgehead atoms.